The van der Waals surface area contributed by atoms with Crippen molar-refractivity contribution in [1.82, 2.24) is 14.5 Å². The van der Waals surface area contributed by atoms with Crippen molar-refractivity contribution in [1.29, 1.82) is 0 Å². The molecule has 0 aliphatic heterocycles. The summed E-state index contributed by atoms with van der Waals surface area (Å²) in [5.41, 5.74) is 1.25. The molecular formula is C16H13F2N3S. The van der Waals surface area contributed by atoms with Gasteiger partial charge in [-0.3, -0.25) is 4.98 Å². The monoisotopic (exact) mass is 317 g/mol. The number of thioether (sulfide) groups is 1. The highest BCUT2D eigenvalue weighted by molar-refractivity contribution is 7.98. The number of hydrogen-bond acceptors (Lipinski definition) is 3. The van der Waals surface area contributed by atoms with E-state index in [0.717, 1.165) is 16.9 Å². The minimum atomic E-state index is -0.824. The smallest absolute Gasteiger partial charge is 0.168 e. The maximum atomic E-state index is 13.7. The maximum Gasteiger partial charge on any atom is 0.168 e. The second-order valence-corrected chi connectivity index (χ2v) is 5.60. The fourth-order valence-corrected chi connectivity index (χ4v) is 2.96. The Morgan fingerprint density at radius 2 is 1.91 bits per heavy atom. The summed E-state index contributed by atoms with van der Waals surface area (Å²) in [7, 11) is 0. The lowest BCUT2D eigenvalue weighted by molar-refractivity contribution is 0.502. The van der Waals surface area contributed by atoms with Gasteiger partial charge in [-0.25, -0.2) is 13.8 Å². The molecule has 0 atom stereocenters. The average Bonchev–Trinajstić information content (AvgIpc) is 2.97. The van der Waals surface area contributed by atoms with Gasteiger partial charge in [0.15, 0.2) is 16.8 Å². The Kier molecular flexibility index (Phi) is 4.48. The zero-order valence-electron chi connectivity index (χ0n) is 11.6. The van der Waals surface area contributed by atoms with E-state index in [0.29, 0.717) is 17.9 Å². The number of hydrogen-bond donors (Lipinski definition) is 0. The molecule has 0 spiro atoms. The van der Waals surface area contributed by atoms with Crippen molar-refractivity contribution >= 4 is 11.8 Å². The quantitative estimate of drug-likeness (QED) is 0.669. The first-order valence-electron chi connectivity index (χ1n) is 6.71. The number of nitrogens with zero attached hydrogens (tertiary/aromatic N) is 3. The molecule has 0 saturated heterocycles. The highest BCUT2D eigenvalue weighted by Gasteiger charge is 2.10. The topological polar surface area (TPSA) is 30.7 Å². The molecule has 0 unspecified atom stereocenters. The Hall–Kier alpha value is -2.21. The molecule has 0 amide bonds. The van der Waals surface area contributed by atoms with Gasteiger partial charge in [-0.15, -0.1) is 0 Å². The van der Waals surface area contributed by atoms with Crippen molar-refractivity contribution in [2.24, 2.45) is 0 Å². The van der Waals surface area contributed by atoms with Crippen LogP contribution in [0.2, 0.25) is 0 Å². The second-order valence-electron chi connectivity index (χ2n) is 4.66. The summed E-state index contributed by atoms with van der Waals surface area (Å²) in [6.45, 7) is 0.592. The zero-order chi connectivity index (χ0) is 15.4. The van der Waals surface area contributed by atoms with E-state index in [2.05, 4.69) is 9.97 Å². The lowest BCUT2D eigenvalue weighted by Gasteiger charge is -2.07. The number of pyridine rings is 1. The summed E-state index contributed by atoms with van der Waals surface area (Å²) in [6, 6.07) is 9.92. The molecule has 3 aromatic rings. The molecule has 3 nitrogen and oxygen atoms in total. The summed E-state index contributed by atoms with van der Waals surface area (Å²) in [6.07, 6.45) is 5.27. The number of imidazole rings is 1. The number of aromatic nitrogens is 3. The number of benzene rings is 1. The van der Waals surface area contributed by atoms with Crippen LogP contribution in [0.1, 0.15) is 11.3 Å². The fraction of sp³-hybridized carbons (Fsp3) is 0.125. The molecule has 0 N–H and O–H groups in total. The standard InChI is InChI=1S/C16H13F2N3S/c17-14-6-3-4-12(15(14)18)11-22-16-20-8-9-21(16)10-13-5-1-2-7-19-13/h1-9H,10-11H2. The van der Waals surface area contributed by atoms with E-state index >= 15 is 0 Å². The largest absolute Gasteiger partial charge is 0.320 e. The van der Waals surface area contributed by atoms with Gasteiger partial charge in [-0.2, -0.15) is 0 Å². The highest BCUT2D eigenvalue weighted by Crippen LogP contribution is 2.24. The maximum absolute atomic E-state index is 13.7. The summed E-state index contributed by atoms with van der Waals surface area (Å²) in [5.74, 6) is -1.30. The van der Waals surface area contributed by atoms with E-state index in [-0.39, 0.29) is 0 Å². The summed E-state index contributed by atoms with van der Waals surface area (Å²) in [4.78, 5) is 8.53. The summed E-state index contributed by atoms with van der Waals surface area (Å²) >= 11 is 1.37. The van der Waals surface area contributed by atoms with Gasteiger partial charge < -0.3 is 4.57 Å². The van der Waals surface area contributed by atoms with Gasteiger partial charge in [0.05, 0.1) is 12.2 Å². The van der Waals surface area contributed by atoms with E-state index in [9.17, 15) is 8.78 Å². The first kappa shape index (κ1) is 14.7. The molecular weight excluding hydrogens is 304 g/mol. The van der Waals surface area contributed by atoms with Crippen molar-refractivity contribution in [3.63, 3.8) is 0 Å². The molecule has 0 aliphatic rings. The lowest BCUT2D eigenvalue weighted by Crippen LogP contribution is -2.02. The first-order valence-corrected chi connectivity index (χ1v) is 7.69. The van der Waals surface area contributed by atoms with E-state index < -0.39 is 11.6 Å². The SMILES string of the molecule is Fc1cccc(CSc2nccn2Cc2ccccn2)c1F. The van der Waals surface area contributed by atoms with E-state index in [1.165, 1.54) is 17.8 Å². The van der Waals surface area contributed by atoms with Crippen LogP contribution in [0.25, 0.3) is 0 Å². The van der Waals surface area contributed by atoms with Gasteiger partial charge in [-0.1, -0.05) is 30.0 Å². The number of halogens is 2. The second kappa shape index (κ2) is 6.70. The molecule has 0 bridgehead atoms. The third-order valence-electron chi connectivity index (χ3n) is 3.12. The van der Waals surface area contributed by atoms with Gasteiger partial charge in [0.1, 0.15) is 0 Å². The van der Waals surface area contributed by atoms with Crippen molar-refractivity contribution in [2.45, 2.75) is 17.5 Å². The van der Waals surface area contributed by atoms with Gasteiger partial charge in [0, 0.05) is 29.9 Å². The molecule has 1 aromatic carbocycles. The van der Waals surface area contributed by atoms with Crippen molar-refractivity contribution in [2.75, 3.05) is 0 Å². The Balaban J connectivity index is 1.71. The average molecular weight is 317 g/mol. The van der Waals surface area contributed by atoms with Gasteiger partial charge in [0.2, 0.25) is 0 Å². The van der Waals surface area contributed by atoms with Crippen LogP contribution in [0.15, 0.2) is 60.1 Å². The molecule has 6 heteroatoms. The lowest BCUT2D eigenvalue weighted by atomic mass is 10.2. The minimum absolute atomic E-state index is 0.322. The normalized spacial score (nSPS) is 10.8. The summed E-state index contributed by atoms with van der Waals surface area (Å²) in [5, 5.41) is 0.745. The van der Waals surface area contributed by atoms with Crippen molar-refractivity contribution in [3.05, 3.63) is 77.9 Å². The van der Waals surface area contributed by atoms with Crippen LogP contribution in [0.4, 0.5) is 8.78 Å². The Morgan fingerprint density at radius 3 is 2.73 bits per heavy atom. The van der Waals surface area contributed by atoms with E-state index in [1.807, 2.05) is 29.0 Å². The Bertz CT molecular complexity index is 759. The zero-order valence-corrected chi connectivity index (χ0v) is 12.4. The molecule has 22 heavy (non-hydrogen) atoms. The number of rotatable bonds is 5. The van der Waals surface area contributed by atoms with Crippen molar-refractivity contribution in [3.8, 4) is 0 Å². The van der Waals surface area contributed by atoms with Crippen LogP contribution < -0.4 is 0 Å². The molecule has 0 radical (unpaired) electrons. The Labute approximate surface area is 131 Å². The van der Waals surface area contributed by atoms with E-state index in [1.54, 1.807) is 18.5 Å². The minimum Gasteiger partial charge on any atom is -0.320 e. The van der Waals surface area contributed by atoms with Gasteiger partial charge in [0.25, 0.3) is 0 Å². The third-order valence-corrected chi connectivity index (χ3v) is 4.18. The molecule has 0 aliphatic carbocycles. The van der Waals surface area contributed by atoms with Crippen LogP contribution in [0.5, 0.6) is 0 Å². The predicted molar refractivity (Wildman–Crippen MR) is 81.5 cm³/mol. The van der Waals surface area contributed by atoms with Crippen LogP contribution in [0, 0.1) is 11.6 Å². The van der Waals surface area contributed by atoms with Crippen LogP contribution in [0.3, 0.4) is 0 Å². The van der Waals surface area contributed by atoms with Crippen LogP contribution in [-0.4, -0.2) is 14.5 Å². The Morgan fingerprint density at radius 1 is 1.00 bits per heavy atom. The predicted octanol–water partition coefficient (Wildman–Crippen LogP) is 3.90. The van der Waals surface area contributed by atoms with Gasteiger partial charge >= 0.3 is 0 Å². The molecule has 112 valence electrons. The molecule has 0 fully saturated rings. The van der Waals surface area contributed by atoms with Crippen LogP contribution >= 0.6 is 11.8 Å². The first-order chi connectivity index (χ1) is 10.7. The van der Waals surface area contributed by atoms with Gasteiger partial charge in [-0.05, 0) is 18.2 Å². The summed E-state index contributed by atoms with van der Waals surface area (Å²) < 4.78 is 28.8. The molecule has 2 heterocycles. The van der Waals surface area contributed by atoms with Crippen molar-refractivity contribution < 1.29 is 8.78 Å². The fourth-order valence-electron chi connectivity index (χ4n) is 2.02. The molecule has 2 aromatic heterocycles. The molecule has 3 rings (SSSR count). The highest BCUT2D eigenvalue weighted by atomic mass is 32.2. The van der Waals surface area contributed by atoms with E-state index in [4.69, 9.17) is 0 Å². The third kappa shape index (κ3) is 3.33. The molecule has 0 saturated carbocycles. The van der Waals surface area contributed by atoms with Crippen LogP contribution in [-0.2, 0) is 12.3 Å².